The normalized spacial score (nSPS) is 11.5. The molecular formula is C19H18Br2Cl2N2O4. The number of amides is 2. The third-order valence-corrected chi connectivity index (χ3v) is 5.10. The highest BCUT2D eigenvalue weighted by molar-refractivity contribution is 9.10. The van der Waals surface area contributed by atoms with Gasteiger partial charge in [0.25, 0.3) is 11.8 Å². The van der Waals surface area contributed by atoms with Gasteiger partial charge in [-0.05, 0) is 43.3 Å². The fourth-order valence-corrected chi connectivity index (χ4v) is 3.61. The summed E-state index contributed by atoms with van der Waals surface area (Å²) in [6.07, 6.45) is 0. The number of rotatable bonds is 9. The van der Waals surface area contributed by atoms with Crippen LogP contribution in [0.25, 0.3) is 0 Å². The van der Waals surface area contributed by atoms with Crippen molar-refractivity contribution in [1.29, 1.82) is 0 Å². The minimum atomic E-state index is -0.331. The van der Waals surface area contributed by atoms with E-state index < -0.39 is 0 Å². The Hall–Kier alpha value is -1.48. The Labute approximate surface area is 195 Å². The van der Waals surface area contributed by atoms with Gasteiger partial charge in [0.15, 0.2) is 13.2 Å². The zero-order chi connectivity index (χ0) is 21.4. The first kappa shape index (κ1) is 23.8. The molecule has 29 heavy (non-hydrogen) atoms. The molecule has 2 amide bonds. The fraction of sp³-hybridized carbons (Fsp3) is 0.263. The molecule has 0 aliphatic heterocycles. The van der Waals surface area contributed by atoms with Crippen LogP contribution in [0.4, 0.5) is 0 Å². The molecule has 0 heterocycles. The highest BCUT2D eigenvalue weighted by atomic mass is 79.9. The molecular weight excluding hydrogens is 551 g/mol. The van der Waals surface area contributed by atoms with E-state index in [1.165, 1.54) is 0 Å². The maximum Gasteiger partial charge on any atom is 0.258 e. The van der Waals surface area contributed by atoms with Crippen LogP contribution < -0.4 is 20.1 Å². The molecule has 0 bridgehead atoms. The zero-order valence-corrected chi connectivity index (χ0v) is 20.0. The summed E-state index contributed by atoms with van der Waals surface area (Å²) >= 11 is 18.7. The second-order valence-corrected chi connectivity index (χ2v) is 8.65. The summed E-state index contributed by atoms with van der Waals surface area (Å²) in [5.74, 6) is 0.163. The Kier molecular flexibility index (Phi) is 9.55. The first-order valence-electron chi connectivity index (χ1n) is 8.46. The SMILES string of the molecule is C[C@H](CNC(=O)COc1ccc(Br)cc1Cl)NC(=O)COc1ccc(Br)cc1Cl. The van der Waals surface area contributed by atoms with Gasteiger partial charge in [-0.3, -0.25) is 9.59 Å². The van der Waals surface area contributed by atoms with Gasteiger partial charge in [0.05, 0.1) is 10.0 Å². The molecule has 0 fully saturated rings. The van der Waals surface area contributed by atoms with Crippen LogP contribution >= 0.6 is 55.1 Å². The number of benzene rings is 2. The van der Waals surface area contributed by atoms with Crippen molar-refractivity contribution < 1.29 is 19.1 Å². The molecule has 1 atom stereocenters. The van der Waals surface area contributed by atoms with Gasteiger partial charge < -0.3 is 20.1 Å². The van der Waals surface area contributed by atoms with E-state index in [2.05, 4.69) is 42.5 Å². The van der Waals surface area contributed by atoms with Crippen LogP contribution in [0.1, 0.15) is 6.92 Å². The molecule has 156 valence electrons. The Balaban J connectivity index is 1.68. The van der Waals surface area contributed by atoms with Crippen LogP contribution in [0.15, 0.2) is 45.3 Å². The van der Waals surface area contributed by atoms with E-state index in [1.807, 2.05) is 0 Å². The molecule has 0 unspecified atom stereocenters. The van der Waals surface area contributed by atoms with Crippen molar-refractivity contribution in [2.24, 2.45) is 0 Å². The molecule has 0 aliphatic rings. The molecule has 2 N–H and O–H groups in total. The molecule has 6 nitrogen and oxygen atoms in total. The molecule has 0 aliphatic carbocycles. The Morgan fingerprint density at radius 2 is 1.41 bits per heavy atom. The van der Waals surface area contributed by atoms with Crippen molar-refractivity contribution >= 4 is 66.9 Å². The monoisotopic (exact) mass is 566 g/mol. The molecule has 0 saturated carbocycles. The highest BCUT2D eigenvalue weighted by Gasteiger charge is 2.12. The minimum Gasteiger partial charge on any atom is -0.482 e. The Bertz CT molecular complexity index is 883. The van der Waals surface area contributed by atoms with Gasteiger partial charge in [-0.15, -0.1) is 0 Å². The number of ether oxygens (including phenoxy) is 2. The number of carbonyl (C=O) groups excluding carboxylic acids is 2. The summed E-state index contributed by atoms with van der Waals surface area (Å²) in [5.41, 5.74) is 0. The molecule has 2 rings (SSSR count). The standard InChI is InChI=1S/C19H18Br2Cl2N2O4/c1-11(25-19(27)10-29-17-5-3-13(21)7-15(17)23)8-24-18(26)9-28-16-4-2-12(20)6-14(16)22/h2-7,11H,8-10H2,1H3,(H,24,26)(H,25,27)/t11-/m1/s1. The van der Waals surface area contributed by atoms with E-state index in [9.17, 15) is 9.59 Å². The smallest absolute Gasteiger partial charge is 0.258 e. The van der Waals surface area contributed by atoms with Crippen LogP contribution in [0.5, 0.6) is 11.5 Å². The number of hydrogen-bond donors (Lipinski definition) is 2. The second-order valence-electron chi connectivity index (χ2n) is 6.00. The van der Waals surface area contributed by atoms with Gasteiger partial charge in [0, 0.05) is 21.5 Å². The zero-order valence-electron chi connectivity index (χ0n) is 15.3. The summed E-state index contributed by atoms with van der Waals surface area (Å²) in [6.45, 7) is 1.62. The van der Waals surface area contributed by atoms with Gasteiger partial charge in [-0.2, -0.15) is 0 Å². The predicted molar refractivity (Wildman–Crippen MR) is 120 cm³/mol. The fourth-order valence-electron chi connectivity index (χ4n) is 2.16. The molecule has 2 aromatic rings. The van der Waals surface area contributed by atoms with Crippen molar-refractivity contribution in [3.63, 3.8) is 0 Å². The van der Waals surface area contributed by atoms with Gasteiger partial charge in [-0.25, -0.2) is 0 Å². The molecule has 2 aromatic carbocycles. The average Bonchev–Trinajstić information content (AvgIpc) is 2.65. The van der Waals surface area contributed by atoms with Gasteiger partial charge in [-0.1, -0.05) is 55.1 Å². The van der Waals surface area contributed by atoms with E-state index in [1.54, 1.807) is 43.3 Å². The van der Waals surface area contributed by atoms with Crippen molar-refractivity contribution in [2.75, 3.05) is 19.8 Å². The van der Waals surface area contributed by atoms with Crippen LogP contribution in [0.3, 0.4) is 0 Å². The average molecular weight is 569 g/mol. The first-order chi connectivity index (χ1) is 13.7. The quantitative estimate of drug-likeness (QED) is 0.464. The molecule has 0 saturated heterocycles. The third-order valence-electron chi connectivity index (χ3n) is 3.52. The van der Waals surface area contributed by atoms with E-state index in [-0.39, 0.29) is 37.6 Å². The lowest BCUT2D eigenvalue weighted by Gasteiger charge is -2.16. The summed E-state index contributed by atoms with van der Waals surface area (Å²) < 4.78 is 12.4. The maximum absolute atomic E-state index is 12.0. The summed E-state index contributed by atoms with van der Waals surface area (Å²) in [4.78, 5) is 23.9. The summed E-state index contributed by atoms with van der Waals surface area (Å²) in [5, 5.41) is 6.21. The lowest BCUT2D eigenvalue weighted by Crippen LogP contribution is -2.44. The topological polar surface area (TPSA) is 76.7 Å². The van der Waals surface area contributed by atoms with Gasteiger partial charge >= 0.3 is 0 Å². The van der Waals surface area contributed by atoms with Crippen LogP contribution in [0.2, 0.25) is 10.0 Å². The molecule has 0 radical (unpaired) electrons. The summed E-state index contributed by atoms with van der Waals surface area (Å²) in [6, 6.07) is 9.92. The lowest BCUT2D eigenvalue weighted by atomic mass is 10.3. The van der Waals surface area contributed by atoms with Crippen molar-refractivity contribution in [2.45, 2.75) is 13.0 Å². The van der Waals surface area contributed by atoms with E-state index in [0.29, 0.717) is 21.5 Å². The van der Waals surface area contributed by atoms with Crippen molar-refractivity contribution in [3.05, 3.63) is 55.4 Å². The molecule has 0 spiro atoms. The van der Waals surface area contributed by atoms with Crippen LogP contribution in [-0.2, 0) is 9.59 Å². The van der Waals surface area contributed by atoms with Crippen LogP contribution in [-0.4, -0.2) is 37.6 Å². The number of carbonyl (C=O) groups is 2. The third kappa shape index (κ3) is 8.42. The van der Waals surface area contributed by atoms with Crippen molar-refractivity contribution in [1.82, 2.24) is 10.6 Å². The predicted octanol–water partition coefficient (Wildman–Crippen LogP) is 4.60. The van der Waals surface area contributed by atoms with E-state index in [4.69, 9.17) is 32.7 Å². The highest BCUT2D eigenvalue weighted by Crippen LogP contribution is 2.28. The lowest BCUT2D eigenvalue weighted by molar-refractivity contribution is -0.125. The second kappa shape index (κ2) is 11.6. The number of halogens is 4. The Morgan fingerprint density at radius 1 is 0.931 bits per heavy atom. The van der Waals surface area contributed by atoms with Crippen LogP contribution in [0, 0.1) is 0 Å². The number of nitrogens with one attached hydrogen (secondary N) is 2. The molecule has 10 heteroatoms. The van der Waals surface area contributed by atoms with E-state index >= 15 is 0 Å². The van der Waals surface area contributed by atoms with Gasteiger partial charge in [0.2, 0.25) is 0 Å². The summed E-state index contributed by atoms with van der Waals surface area (Å²) in [7, 11) is 0. The number of hydrogen-bond acceptors (Lipinski definition) is 4. The maximum atomic E-state index is 12.0. The first-order valence-corrected chi connectivity index (χ1v) is 10.8. The molecule has 0 aromatic heterocycles. The Morgan fingerprint density at radius 3 is 1.90 bits per heavy atom. The largest absolute Gasteiger partial charge is 0.482 e. The minimum absolute atomic E-state index is 0.187. The van der Waals surface area contributed by atoms with E-state index in [0.717, 1.165) is 8.95 Å². The van der Waals surface area contributed by atoms with Crippen molar-refractivity contribution in [3.8, 4) is 11.5 Å². The van der Waals surface area contributed by atoms with Gasteiger partial charge in [0.1, 0.15) is 11.5 Å².